The Kier molecular flexibility index (Phi) is 5.76. The van der Waals surface area contributed by atoms with Crippen molar-refractivity contribution in [2.24, 2.45) is 0 Å². The summed E-state index contributed by atoms with van der Waals surface area (Å²) in [7, 11) is 0. The molecule has 1 amide bonds. The summed E-state index contributed by atoms with van der Waals surface area (Å²) in [6.45, 7) is 4.84. The van der Waals surface area contributed by atoms with Gasteiger partial charge in [0.15, 0.2) is 0 Å². The van der Waals surface area contributed by atoms with Gasteiger partial charge in [-0.25, -0.2) is 4.98 Å². The Morgan fingerprint density at radius 3 is 2.58 bits per heavy atom. The summed E-state index contributed by atoms with van der Waals surface area (Å²) < 4.78 is 5.31. The van der Waals surface area contributed by atoms with Crippen LogP contribution < -0.4 is 10.6 Å². The normalized spacial score (nSPS) is 15.0. The van der Waals surface area contributed by atoms with E-state index < -0.39 is 0 Å². The minimum atomic E-state index is -0.144. The lowest BCUT2D eigenvalue weighted by Gasteiger charge is -2.26. The minimum Gasteiger partial charge on any atom is -0.379 e. The molecule has 3 rings (SSSR count). The summed E-state index contributed by atoms with van der Waals surface area (Å²) in [6, 6.07) is 13.4. The van der Waals surface area contributed by atoms with Gasteiger partial charge in [0, 0.05) is 31.9 Å². The van der Waals surface area contributed by atoms with Crippen molar-refractivity contribution in [3.63, 3.8) is 0 Å². The lowest BCUT2D eigenvalue weighted by atomic mass is 10.3. The number of anilines is 2. The molecule has 6 nitrogen and oxygen atoms in total. The van der Waals surface area contributed by atoms with Gasteiger partial charge in [0.05, 0.1) is 25.1 Å². The van der Waals surface area contributed by atoms with E-state index in [-0.39, 0.29) is 5.91 Å². The fraction of sp³-hybridized carbons (Fsp3) is 0.333. The number of morpholine rings is 1. The van der Waals surface area contributed by atoms with E-state index in [2.05, 4.69) is 20.5 Å². The van der Waals surface area contributed by atoms with Gasteiger partial charge in [-0.3, -0.25) is 9.69 Å². The molecular weight excluding hydrogens is 304 g/mol. The minimum absolute atomic E-state index is 0.144. The molecule has 1 aliphatic heterocycles. The molecule has 0 saturated carbocycles. The van der Waals surface area contributed by atoms with Gasteiger partial charge in [-0.2, -0.15) is 0 Å². The van der Waals surface area contributed by atoms with Crippen molar-refractivity contribution in [2.75, 3.05) is 44.7 Å². The van der Waals surface area contributed by atoms with E-state index in [0.717, 1.165) is 44.2 Å². The highest BCUT2D eigenvalue weighted by molar-refractivity contribution is 5.92. The predicted molar refractivity (Wildman–Crippen MR) is 93.6 cm³/mol. The quantitative estimate of drug-likeness (QED) is 0.848. The monoisotopic (exact) mass is 326 g/mol. The first-order valence-electron chi connectivity index (χ1n) is 8.18. The SMILES string of the molecule is O=C(NCCN1CCOCC1)c1ccc(Nc2ccccc2)cn1. The van der Waals surface area contributed by atoms with Crippen molar-refractivity contribution >= 4 is 17.3 Å². The number of aromatic nitrogens is 1. The van der Waals surface area contributed by atoms with Gasteiger partial charge in [0.25, 0.3) is 5.91 Å². The van der Waals surface area contributed by atoms with E-state index >= 15 is 0 Å². The first-order valence-corrected chi connectivity index (χ1v) is 8.18. The molecule has 6 heteroatoms. The molecule has 0 aliphatic carbocycles. The highest BCUT2D eigenvalue weighted by Gasteiger charge is 2.11. The number of amides is 1. The molecule has 0 radical (unpaired) electrons. The van der Waals surface area contributed by atoms with Crippen LogP contribution in [0.3, 0.4) is 0 Å². The number of benzene rings is 1. The van der Waals surface area contributed by atoms with Crippen LogP contribution in [0.25, 0.3) is 0 Å². The lowest BCUT2D eigenvalue weighted by molar-refractivity contribution is 0.0383. The second-order valence-corrected chi connectivity index (χ2v) is 5.63. The Balaban J connectivity index is 1.46. The van der Waals surface area contributed by atoms with E-state index in [1.165, 1.54) is 0 Å². The Labute approximate surface area is 141 Å². The molecule has 0 spiro atoms. The van der Waals surface area contributed by atoms with Gasteiger partial charge in [-0.15, -0.1) is 0 Å². The maximum Gasteiger partial charge on any atom is 0.269 e. The van der Waals surface area contributed by atoms with Crippen LogP contribution in [0, 0.1) is 0 Å². The summed E-state index contributed by atoms with van der Waals surface area (Å²) in [6.07, 6.45) is 1.67. The number of nitrogens with one attached hydrogen (secondary N) is 2. The Bertz CT molecular complexity index is 640. The van der Waals surface area contributed by atoms with E-state index in [0.29, 0.717) is 12.2 Å². The molecule has 126 valence electrons. The predicted octanol–water partition coefficient (Wildman–Crippen LogP) is 1.89. The molecule has 1 aliphatic rings. The molecular formula is C18H22N4O2. The van der Waals surface area contributed by atoms with Crippen molar-refractivity contribution in [2.45, 2.75) is 0 Å². The molecule has 2 N–H and O–H groups in total. The van der Waals surface area contributed by atoms with E-state index in [9.17, 15) is 4.79 Å². The first kappa shape index (κ1) is 16.4. The lowest BCUT2D eigenvalue weighted by Crippen LogP contribution is -2.41. The average Bonchev–Trinajstić information content (AvgIpc) is 2.64. The topological polar surface area (TPSA) is 66.5 Å². The van der Waals surface area contributed by atoms with E-state index in [1.807, 2.05) is 36.4 Å². The zero-order valence-corrected chi connectivity index (χ0v) is 13.6. The molecule has 0 bridgehead atoms. The average molecular weight is 326 g/mol. The number of hydrogen-bond donors (Lipinski definition) is 2. The molecule has 2 aromatic rings. The molecule has 2 heterocycles. The highest BCUT2D eigenvalue weighted by Crippen LogP contribution is 2.14. The Morgan fingerprint density at radius 1 is 1.08 bits per heavy atom. The van der Waals surface area contributed by atoms with Crippen molar-refractivity contribution in [3.8, 4) is 0 Å². The molecule has 0 unspecified atom stereocenters. The van der Waals surface area contributed by atoms with Crippen LogP contribution in [0.2, 0.25) is 0 Å². The number of pyridine rings is 1. The maximum absolute atomic E-state index is 12.1. The third-order valence-electron chi connectivity index (χ3n) is 3.88. The van der Waals surface area contributed by atoms with Crippen molar-refractivity contribution < 1.29 is 9.53 Å². The highest BCUT2D eigenvalue weighted by atomic mass is 16.5. The summed E-state index contributed by atoms with van der Waals surface area (Å²) >= 11 is 0. The number of carbonyl (C=O) groups excluding carboxylic acids is 1. The summed E-state index contributed by atoms with van der Waals surface area (Å²) in [5, 5.41) is 6.15. The van der Waals surface area contributed by atoms with Crippen LogP contribution in [-0.2, 0) is 4.74 Å². The van der Waals surface area contributed by atoms with Crippen LogP contribution in [0.5, 0.6) is 0 Å². The molecule has 1 fully saturated rings. The van der Waals surface area contributed by atoms with Gasteiger partial charge < -0.3 is 15.4 Å². The molecule has 24 heavy (non-hydrogen) atoms. The molecule has 1 saturated heterocycles. The van der Waals surface area contributed by atoms with Crippen molar-refractivity contribution in [1.29, 1.82) is 0 Å². The number of rotatable bonds is 6. The number of ether oxygens (including phenoxy) is 1. The third-order valence-corrected chi connectivity index (χ3v) is 3.88. The Morgan fingerprint density at radius 2 is 1.88 bits per heavy atom. The van der Waals surface area contributed by atoms with Crippen LogP contribution in [0.15, 0.2) is 48.7 Å². The standard InChI is InChI=1S/C18H22N4O2/c23-18(19-8-9-22-10-12-24-13-11-22)17-7-6-16(14-20-17)21-15-4-2-1-3-5-15/h1-7,14,21H,8-13H2,(H,19,23). The third kappa shape index (κ3) is 4.78. The summed E-state index contributed by atoms with van der Waals surface area (Å²) in [4.78, 5) is 18.6. The summed E-state index contributed by atoms with van der Waals surface area (Å²) in [5.74, 6) is -0.144. The number of carbonyl (C=O) groups is 1. The molecule has 0 atom stereocenters. The van der Waals surface area contributed by atoms with Gasteiger partial charge in [-0.1, -0.05) is 18.2 Å². The van der Waals surface area contributed by atoms with Crippen molar-refractivity contribution in [1.82, 2.24) is 15.2 Å². The molecule has 1 aromatic carbocycles. The van der Waals surface area contributed by atoms with Gasteiger partial charge in [-0.05, 0) is 24.3 Å². The van der Waals surface area contributed by atoms with Crippen LogP contribution in [-0.4, -0.2) is 55.2 Å². The second-order valence-electron chi connectivity index (χ2n) is 5.63. The first-order chi connectivity index (χ1) is 11.8. The molecule has 1 aromatic heterocycles. The fourth-order valence-corrected chi connectivity index (χ4v) is 2.53. The Hall–Kier alpha value is -2.44. The zero-order chi connectivity index (χ0) is 16.6. The van der Waals surface area contributed by atoms with Crippen LogP contribution in [0.1, 0.15) is 10.5 Å². The number of nitrogens with zero attached hydrogens (tertiary/aromatic N) is 2. The largest absolute Gasteiger partial charge is 0.379 e. The van der Waals surface area contributed by atoms with Crippen LogP contribution >= 0.6 is 0 Å². The van der Waals surface area contributed by atoms with Crippen molar-refractivity contribution in [3.05, 3.63) is 54.4 Å². The number of para-hydroxylation sites is 1. The van der Waals surface area contributed by atoms with Gasteiger partial charge in [0.1, 0.15) is 5.69 Å². The fourth-order valence-electron chi connectivity index (χ4n) is 2.53. The van der Waals surface area contributed by atoms with Crippen LogP contribution in [0.4, 0.5) is 11.4 Å². The van der Waals surface area contributed by atoms with Gasteiger partial charge in [0.2, 0.25) is 0 Å². The smallest absolute Gasteiger partial charge is 0.269 e. The maximum atomic E-state index is 12.1. The zero-order valence-electron chi connectivity index (χ0n) is 13.6. The van der Waals surface area contributed by atoms with E-state index in [4.69, 9.17) is 4.74 Å². The van der Waals surface area contributed by atoms with Gasteiger partial charge >= 0.3 is 0 Å². The summed E-state index contributed by atoms with van der Waals surface area (Å²) in [5.41, 5.74) is 2.27. The number of hydrogen-bond acceptors (Lipinski definition) is 5. The second kappa shape index (κ2) is 8.42. The van der Waals surface area contributed by atoms with E-state index in [1.54, 1.807) is 12.3 Å².